The van der Waals surface area contributed by atoms with Gasteiger partial charge >= 0.3 is 0 Å². The van der Waals surface area contributed by atoms with Gasteiger partial charge in [-0.2, -0.15) is 0 Å². The van der Waals surface area contributed by atoms with Crippen molar-refractivity contribution in [1.82, 2.24) is 9.55 Å². The molecule has 0 aliphatic carbocycles. The molecule has 0 saturated carbocycles. The lowest BCUT2D eigenvalue weighted by Gasteiger charge is -2.09. The van der Waals surface area contributed by atoms with E-state index in [2.05, 4.69) is 24.9 Å². The summed E-state index contributed by atoms with van der Waals surface area (Å²) in [6.45, 7) is 6.51. The second kappa shape index (κ2) is 5.21. The molecule has 2 N–H and O–H groups in total. The van der Waals surface area contributed by atoms with Crippen LogP contribution in [-0.2, 0) is 11.3 Å². The molecule has 1 amide bonds. The lowest BCUT2D eigenvalue weighted by molar-refractivity contribution is -0.118. The molecule has 0 fully saturated rings. The predicted octanol–water partition coefficient (Wildman–Crippen LogP) is 2.83. The summed E-state index contributed by atoms with van der Waals surface area (Å²) in [5.74, 6) is 0.460. The molecule has 1 aromatic carbocycles. The zero-order valence-electron chi connectivity index (χ0n) is 11.4. The van der Waals surface area contributed by atoms with Crippen molar-refractivity contribution in [2.45, 2.75) is 39.1 Å². The fraction of sp³-hybridized carbons (Fsp3) is 0.429. The van der Waals surface area contributed by atoms with Crippen LogP contribution in [0.25, 0.3) is 11.0 Å². The maximum Gasteiger partial charge on any atom is 0.219 e. The molecule has 102 valence electrons. The number of alkyl halides is 1. The highest BCUT2D eigenvalue weighted by Crippen LogP contribution is 2.26. The van der Waals surface area contributed by atoms with Crippen molar-refractivity contribution in [3.63, 3.8) is 0 Å². The van der Waals surface area contributed by atoms with Gasteiger partial charge in [0, 0.05) is 13.0 Å². The molecular weight excluding hydrogens is 262 g/mol. The van der Waals surface area contributed by atoms with Gasteiger partial charge in [-0.1, -0.05) is 0 Å². The van der Waals surface area contributed by atoms with Crippen LogP contribution in [-0.4, -0.2) is 15.5 Å². The number of nitrogens with zero attached hydrogens (tertiary/aromatic N) is 2. The van der Waals surface area contributed by atoms with Crippen molar-refractivity contribution in [3.8, 4) is 0 Å². The van der Waals surface area contributed by atoms with Gasteiger partial charge in [-0.15, -0.1) is 11.6 Å². The minimum absolute atomic E-state index is 0.208. The summed E-state index contributed by atoms with van der Waals surface area (Å²) in [7, 11) is 0. The number of imidazole rings is 1. The second-order valence-corrected chi connectivity index (χ2v) is 5.53. The van der Waals surface area contributed by atoms with E-state index in [1.165, 1.54) is 11.1 Å². The van der Waals surface area contributed by atoms with Gasteiger partial charge in [0.2, 0.25) is 5.91 Å². The van der Waals surface area contributed by atoms with E-state index >= 15 is 0 Å². The van der Waals surface area contributed by atoms with Gasteiger partial charge in [0.25, 0.3) is 0 Å². The highest BCUT2D eigenvalue weighted by atomic mass is 35.5. The number of carbonyl (C=O) groups excluding carboxylic acids is 1. The van der Waals surface area contributed by atoms with Crippen LogP contribution < -0.4 is 5.73 Å². The summed E-state index contributed by atoms with van der Waals surface area (Å²) in [5.41, 5.74) is 9.54. The van der Waals surface area contributed by atoms with Crippen LogP contribution in [0.5, 0.6) is 0 Å². The van der Waals surface area contributed by atoms with Crippen molar-refractivity contribution in [1.29, 1.82) is 0 Å². The Morgan fingerprint density at radius 2 is 2.05 bits per heavy atom. The minimum Gasteiger partial charge on any atom is -0.370 e. The van der Waals surface area contributed by atoms with Crippen LogP contribution in [0.15, 0.2) is 12.1 Å². The van der Waals surface area contributed by atoms with Gasteiger partial charge in [0.1, 0.15) is 5.82 Å². The van der Waals surface area contributed by atoms with E-state index in [0.717, 1.165) is 16.9 Å². The molecule has 1 heterocycles. The van der Waals surface area contributed by atoms with Gasteiger partial charge in [0.15, 0.2) is 0 Å². The molecule has 5 heteroatoms. The third-order valence-corrected chi connectivity index (χ3v) is 3.53. The van der Waals surface area contributed by atoms with Crippen molar-refractivity contribution < 1.29 is 4.79 Å². The number of primary amides is 1. The largest absolute Gasteiger partial charge is 0.370 e. The molecule has 0 aliphatic heterocycles. The summed E-state index contributed by atoms with van der Waals surface area (Å²) >= 11 is 6.18. The number of hydrogen-bond donors (Lipinski definition) is 1. The molecule has 1 unspecified atom stereocenters. The van der Waals surface area contributed by atoms with Gasteiger partial charge < -0.3 is 10.3 Å². The van der Waals surface area contributed by atoms with Crippen LogP contribution in [0, 0.1) is 13.8 Å². The maximum atomic E-state index is 11.0. The van der Waals surface area contributed by atoms with Crippen molar-refractivity contribution >= 4 is 28.5 Å². The first-order chi connectivity index (χ1) is 8.90. The number of nitrogens with two attached hydrogens (primary N) is 1. The second-order valence-electron chi connectivity index (χ2n) is 4.88. The summed E-state index contributed by atoms with van der Waals surface area (Å²) < 4.78 is 1.99. The van der Waals surface area contributed by atoms with Crippen molar-refractivity contribution in [2.24, 2.45) is 5.73 Å². The number of aromatic nitrogens is 2. The van der Waals surface area contributed by atoms with Crippen LogP contribution >= 0.6 is 11.6 Å². The molecular formula is C14H18ClN3O. The van der Waals surface area contributed by atoms with E-state index in [9.17, 15) is 4.79 Å². The first-order valence-electron chi connectivity index (χ1n) is 6.30. The normalized spacial score (nSPS) is 12.8. The van der Waals surface area contributed by atoms with Gasteiger partial charge in [0.05, 0.1) is 16.4 Å². The van der Waals surface area contributed by atoms with E-state index in [-0.39, 0.29) is 17.7 Å². The van der Waals surface area contributed by atoms with Crippen molar-refractivity contribution in [3.05, 3.63) is 29.1 Å². The summed E-state index contributed by atoms with van der Waals surface area (Å²) in [6, 6.07) is 4.13. The number of hydrogen-bond acceptors (Lipinski definition) is 2. The number of benzene rings is 1. The van der Waals surface area contributed by atoms with E-state index in [0.29, 0.717) is 6.54 Å². The van der Waals surface area contributed by atoms with E-state index in [1.54, 1.807) is 0 Å². The first-order valence-corrected chi connectivity index (χ1v) is 6.73. The van der Waals surface area contributed by atoms with E-state index < -0.39 is 0 Å². The zero-order chi connectivity index (χ0) is 14.2. The number of aryl methyl sites for hydroxylation is 3. The van der Waals surface area contributed by atoms with Crippen LogP contribution in [0.1, 0.15) is 35.7 Å². The lowest BCUT2D eigenvalue weighted by Crippen LogP contribution is -2.15. The Morgan fingerprint density at radius 3 is 2.63 bits per heavy atom. The molecule has 19 heavy (non-hydrogen) atoms. The third kappa shape index (κ3) is 2.73. The number of fused-ring (bicyclic) bond motifs is 1. The Bertz CT molecular complexity index is 631. The van der Waals surface area contributed by atoms with Crippen LogP contribution in [0.3, 0.4) is 0 Å². The molecule has 1 atom stereocenters. The Kier molecular flexibility index (Phi) is 3.80. The molecule has 0 spiro atoms. The zero-order valence-corrected chi connectivity index (χ0v) is 12.2. The molecule has 2 rings (SSSR count). The number of carbonyl (C=O) groups is 1. The standard InChI is InChI=1S/C14H18ClN3O/c1-8-6-11-12(7-9(8)2)18(5-4-13(16)19)14(17-11)10(3)15/h6-7,10H,4-5H2,1-3H3,(H2,16,19). The first kappa shape index (κ1) is 13.9. The van der Waals surface area contributed by atoms with Gasteiger partial charge in [-0.3, -0.25) is 4.79 Å². The topological polar surface area (TPSA) is 60.9 Å². The Balaban J connectivity index is 2.58. The van der Waals surface area contributed by atoms with Gasteiger partial charge in [-0.25, -0.2) is 4.98 Å². The van der Waals surface area contributed by atoms with Crippen LogP contribution in [0.2, 0.25) is 0 Å². The molecule has 0 saturated heterocycles. The molecule has 0 bridgehead atoms. The fourth-order valence-corrected chi connectivity index (χ4v) is 2.33. The maximum absolute atomic E-state index is 11.0. The number of rotatable bonds is 4. The number of amides is 1. The summed E-state index contributed by atoms with van der Waals surface area (Å²) in [6.07, 6.45) is 0.287. The molecule has 0 aliphatic rings. The molecule has 2 aromatic rings. The van der Waals surface area contributed by atoms with E-state index in [4.69, 9.17) is 17.3 Å². The average Bonchev–Trinajstić information content (AvgIpc) is 2.65. The Morgan fingerprint density at radius 1 is 1.42 bits per heavy atom. The summed E-state index contributed by atoms with van der Waals surface area (Å²) in [5, 5.41) is -0.208. The predicted molar refractivity (Wildman–Crippen MR) is 77.3 cm³/mol. The third-order valence-electron chi connectivity index (χ3n) is 3.33. The minimum atomic E-state index is -0.321. The Labute approximate surface area is 117 Å². The lowest BCUT2D eigenvalue weighted by atomic mass is 10.1. The highest BCUT2D eigenvalue weighted by molar-refractivity contribution is 6.20. The van der Waals surface area contributed by atoms with Crippen molar-refractivity contribution in [2.75, 3.05) is 0 Å². The quantitative estimate of drug-likeness (QED) is 0.875. The van der Waals surface area contributed by atoms with E-state index in [1.807, 2.05) is 17.6 Å². The summed E-state index contributed by atoms with van der Waals surface area (Å²) in [4.78, 5) is 15.6. The smallest absolute Gasteiger partial charge is 0.219 e. The Hall–Kier alpha value is -1.55. The molecule has 4 nitrogen and oxygen atoms in total. The highest BCUT2D eigenvalue weighted by Gasteiger charge is 2.16. The van der Waals surface area contributed by atoms with Gasteiger partial charge in [-0.05, 0) is 44.0 Å². The fourth-order valence-electron chi connectivity index (χ4n) is 2.16. The van der Waals surface area contributed by atoms with Crippen LogP contribution in [0.4, 0.5) is 0 Å². The number of halogens is 1. The molecule has 0 radical (unpaired) electrons. The average molecular weight is 280 g/mol. The monoisotopic (exact) mass is 279 g/mol. The SMILES string of the molecule is Cc1cc2nc(C(C)Cl)n(CCC(N)=O)c2cc1C. The molecule has 1 aromatic heterocycles.